The maximum Gasteiger partial charge on any atom is 0.232 e. The Morgan fingerprint density at radius 2 is 1.86 bits per heavy atom. The number of thiazole rings is 1. The minimum absolute atomic E-state index is 0.0222. The highest BCUT2D eigenvalue weighted by atomic mass is 32.1. The van der Waals surface area contributed by atoms with Gasteiger partial charge in [0.25, 0.3) is 0 Å². The fourth-order valence-corrected chi connectivity index (χ4v) is 4.10. The van der Waals surface area contributed by atoms with Gasteiger partial charge in [-0.2, -0.15) is 20.2 Å². The van der Waals surface area contributed by atoms with Crippen LogP contribution in [-0.4, -0.2) is 25.8 Å². The van der Waals surface area contributed by atoms with Crippen molar-refractivity contribution in [1.29, 1.82) is 5.26 Å². The van der Waals surface area contributed by atoms with E-state index in [-0.39, 0.29) is 29.2 Å². The van der Waals surface area contributed by atoms with Gasteiger partial charge in [0, 0.05) is 18.0 Å². The van der Waals surface area contributed by atoms with Crippen molar-refractivity contribution in [3.05, 3.63) is 76.6 Å². The van der Waals surface area contributed by atoms with Crippen LogP contribution in [-0.2, 0) is 4.79 Å². The molecule has 0 spiro atoms. The number of hydrogen-bond acceptors (Lipinski definition) is 9. The van der Waals surface area contributed by atoms with E-state index in [4.69, 9.17) is 5.73 Å². The molecule has 10 heteroatoms. The molecular weight excluding hydrogens is 460 g/mol. The molecule has 0 aliphatic heterocycles. The Labute approximate surface area is 206 Å². The van der Waals surface area contributed by atoms with Crippen LogP contribution < -0.4 is 16.0 Å². The Hall–Kier alpha value is -4.62. The largest absolute Gasteiger partial charge is 0.368 e. The first-order valence-corrected chi connectivity index (χ1v) is 11.5. The summed E-state index contributed by atoms with van der Waals surface area (Å²) in [6.07, 6.45) is 1.56. The molecule has 4 aromatic rings. The number of allylic oxidation sites excluding steroid dienone is 1. The number of para-hydroxylation sites is 1. The molecule has 0 radical (unpaired) electrons. The summed E-state index contributed by atoms with van der Waals surface area (Å²) in [6.45, 7) is 5.50. The lowest BCUT2D eigenvalue weighted by Gasteiger charge is -2.19. The molecule has 0 atom stereocenters. The monoisotopic (exact) mass is 482 g/mol. The van der Waals surface area contributed by atoms with E-state index in [9.17, 15) is 10.1 Å². The Balaban J connectivity index is 1.65. The third kappa shape index (κ3) is 5.48. The molecule has 2 aromatic heterocycles. The predicted octanol–water partition coefficient (Wildman–Crippen LogP) is 5.02. The summed E-state index contributed by atoms with van der Waals surface area (Å²) in [4.78, 5) is 31.1. The highest BCUT2D eigenvalue weighted by Crippen LogP contribution is 2.31. The number of nitrogens with zero attached hydrogens (tertiary/aromatic N) is 6. The summed E-state index contributed by atoms with van der Waals surface area (Å²) in [5.74, 6) is 0.147. The van der Waals surface area contributed by atoms with Gasteiger partial charge in [-0.25, -0.2) is 4.98 Å². The SMILES string of the molecule is CC(=O)N(c1ccc(C)c(C)c1)c1nc(/C=C(\C#N)c2nc(N)nc(Nc3ccccc3)n2)cs1. The Morgan fingerprint density at radius 3 is 2.54 bits per heavy atom. The van der Waals surface area contributed by atoms with Gasteiger partial charge in [0.2, 0.25) is 17.8 Å². The highest BCUT2D eigenvalue weighted by Gasteiger charge is 2.19. The number of nitrogens with two attached hydrogens (primary N) is 1. The lowest BCUT2D eigenvalue weighted by atomic mass is 10.1. The van der Waals surface area contributed by atoms with Crippen LogP contribution in [0, 0.1) is 25.2 Å². The molecule has 0 aliphatic carbocycles. The van der Waals surface area contributed by atoms with Crippen LogP contribution in [0.25, 0.3) is 11.6 Å². The van der Waals surface area contributed by atoms with E-state index in [2.05, 4.69) is 31.3 Å². The van der Waals surface area contributed by atoms with Crippen molar-refractivity contribution >= 4 is 57.3 Å². The lowest BCUT2D eigenvalue weighted by molar-refractivity contribution is -0.115. The lowest BCUT2D eigenvalue weighted by Crippen LogP contribution is -2.22. The van der Waals surface area contributed by atoms with E-state index < -0.39 is 0 Å². The normalized spacial score (nSPS) is 11.1. The third-order valence-electron chi connectivity index (χ3n) is 5.10. The molecule has 0 unspecified atom stereocenters. The van der Waals surface area contributed by atoms with Crippen LogP contribution in [0.1, 0.15) is 29.6 Å². The Bertz CT molecular complexity index is 1460. The minimum atomic E-state index is -0.166. The number of carbonyl (C=O) groups is 1. The van der Waals surface area contributed by atoms with E-state index in [1.54, 1.807) is 16.4 Å². The van der Waals surface area contributed by atoms with E-state index in [1.165, 1.54) is 18.3 Å². The zero-order valence-corrected chi connectivity index (χ0v) is 20.2. The molecule has 3 N–H and O–H groups in total. The van der Waals surface area contributed by atoms with Gasteiger partial charge in [-0.1, -0.05) is 24.3 Å². The molecule has 4 rings (SSSR count). The molecule has 1 amide bonds. The fourth-order valence-electron chi connectivity index (χ4n) is 3.25. The van der Waals surface area contributed by atoms with Gasteiger partial charge in [0.15, 0.2) is 11.0 Å². The number of benzene rings is 2. The summed E-state index contributed by atoms with van der Waals surface area (Å²) >= 11 is 1.30. The average Bonchev–Trinajstić information content (AvgIpc) is 3.28. The minimum Gasteiger partial charge on any atom is -0.368 e. The van der Waals surface area contributed by atoms with Crippen LogP contribution in [0.15, 0.2) is 53.9 Å². The molecule has 174 valence electrons. The van der Waals surface area contributed by atoms with Crippen molar-refractivity contribution in [2.24, 2.45) is 0 Å². The van der Waals surface area contributed by atoms with Crippen molar-refractivity contribution in [3.63, 3.8) is 0 Å². The summed E-state index contributed by atoms with van der Waals surface area (Å²) in [5, 5.41) is 15.1. The van der Waals surface area contributed by atoms with E-state index in [0.717, 1.165) is 22.5 Å². The maximum atomic E-state index is 12.5. The molecule has 2 heterocycles. The molecule has 2 aromatic carbocycles. The van der Waals surface area contributed by atoms with Crippen molar-refractivity contribution in [2.45, 2.75) is 20.8 Å². The van der Waals surface area contributed by atoms with Crippen molar-refractivity contribution in [1.82, 2.24) is 19.9 Å². The first-order valence-electron chi connectivity index (χ1n) is 10.6. The van der Waals surface area contributed by atoms with E-state index in [0.29, 0.717) is 10.8 Å². The summed E-state index contributed by atoms with van der Waals surface area (Å²) < 4.78 is 0. The second-order valence-corrected chi connectivity index (χ2v) is 8.52. The second kappa shape index (κ2) is 10.1. The first kappa shape index (κ1) is 23.5. The number of hydrogen-bond donors (Lipinski definition) is 2. The van der Waals surface area contributed by atoms with E-state index >= 15 is 0 Å². The van der Waals surface area contributed by atoms with Gasteiger partial charge in [0.1, 0.15) is 6.07 Å². The van der Waals surface area contributed by atoms with E-state index in [1.807, 2.05) is 62.4 Å². The zero-order valence-electron chi connectivity index (χ0n) is 19.4. The highest BCUT2D eigenvalue weighted by molar-refractivity contribution is 7.14. The number of aromatic nitrogens is 4. The number of nitriles is 1. The molecular formula is C25H22N8OS. The van der Waals surface area contributed by atoms with Gasteiger partial charge in [-0.05, 0) is 55.3 Å². The predicted molar refractivity (Wildman–Crippen MR) is 138 cm³/mol. The maximum absolute atomic E-state index is 12.5. The topological polar surface area (TPSA) is 134 Å². The van der Waals surface area contributed by atoms with Gasteiger partial charge < -0.3 is 11.1 Å². The number of nitrogens with one attached hydrogen (secondary N) is 1. The number of carbonyl (C=O) groups excluding carboxylic acids is 1. The van der Waals surface area contributed by atoms with Gasteiger partial charge in [-0.3, -0.25) is 9.69 Å². The van der Waals surface area contributed by atoms with Gasteiger partial charge >= 0.3 is 0 Å². The molecule has 9 nitrogen and oxygen atoms in total. The van der Waals surface area contributed by atoms with Gasteiger partial charge in [0.05, 0.1) is 17.0 Å². The summed E-state index contributed by atoms with van der Waals surface area (Å²) in [5.41, 5.74) is 10.2. The summed E-state index contributed by atoms with van der Waals surface area (Å²) in [7, 11) is 0. The van der Waals surface area contributed by atoms with Crippen LogP contribution in [0.2, 0.25) is 0 Å². The molecule has 0 aliphatic rings. The second-order valence-electron chi connectivity index (χ2n) is 7.68. The molecule has 0 fully saturated rings. The number of nitrogen functional groups attached to an aromatic ring is 1. The first-order chi connectivity index (χ1) is 16.8. The van der Waals surface area contributed by atoms with Gasteiger partial charge in [-0.15, -0.1) is 11.3 Å². The molecule has 0 bridgehead atoms. The molecule has 0 saturated heterocycles. The Morgan fingerprint density at radius 1 is 1.09 bits per heavy atom. The van der Waals surface area contributed by atoms with Crippen LogP contribution in [0.3, 0.4) is 0 Å². The van der Waals surface area contributed by atoms with Crippen LogP contribution in [0.5, 0.6) is 0 Å². The Kier molecular flexibility index (Phi) is 6.80. The molecule has 0 saturated carbocycles. The zero-order chi connectivity index (χ0) is 24.9. The average molecular weight is 483 g/mol. The number of anilines is 5. The smallest absolute Gasteiger partial charge is 0.232 e. The van der Waals surface area contributed by atoms with Crippen molar-refractivity contribution in [3.8, 4) is 6.07 Å². The van der Waals surface area contributed by atoms with Crippen LogP contribution in [0.4, 0.5) is 28.4 Å². The number of amides is 1. The number of rotatable bonds is 6. The quantitative estimate of drug-likeness (QED) is 0.366. The summed E-state index contributed by atoms with van der Waals surface area (Å²) in [6, 6.07) is 17.2. The van der Waals surface area contributed by atoms with Crippen molar-refractivity contribution in [2.75, 3.05) is 16.0 Å². The fraction of sp³-hybridized carbons (Fsp3) is 0.120. The molecule has 35 heavy (non-hydrogen) atoms. The third-order valence-corrected chi connectivity index (χ3v) is 5.94. The number of aryl methyl sites for hydroxylation is 2. The standard InChI is InChI=1S/C25H22N8OS/c1-15-9-10-21(11-16(15)2)33(17(3)34)25-29-20(14-35-25)12-18(13-26)22-30-23(27)32-24(31-22)28-19-7-5-4-6-8-19/h4-12,14H,1-3H3,(H3,27,28,30,31,32)/b18-12+. The van der Waals surface area contributed by atoms with Crippen LogP contribution >= 0.6 is 11.3 Å². The van der Waals surface area contributed by atoms with Crippen molar-refractivity contribution < 1.29 is 4.79 Å².